The summed E-state index contributed by atoms with van der Waals surface area (Å²) in [5, 5.41) is 7.29. The first-order valence-electron chi connectivity index (χ1n) is 7.56. The van der Waals surface area contributed by atoms with Crippen LogP contribution in [0.4, 0.5) is 17.1 Å². The topological polar surface area (TPSA) is 54.0 Å². The highest BCUT2D eigenvalue weighted by Crippen LogP contribution is 2.23. The number of nitrogens with one attached hydrogen (secondary N) is 2. The predicted molar refractivity (Wildman–Crippen MR) is 103 cm³/mol. The SMILES string of the molecule is Cc1ccc(Nc2cncc(C(=O)Nc3ccc(Cl)cc3)c2)cc1Cl. The molecule has 0 aliphatic carbocycles. The smallest absolute Gasteiger partial charge is 0.257 e. The number of aryl methyl sites for hydroxylation is 1. The number of carbonyl (C=O) groups is 1. The van der Waals surface area contributed by atoms with Gasteiger partial charge in [-0.3, -0.25) is 9.78 Å². The standard InChI is InChI=1S/C19H15Cl2N3O/c1-12-2-5-16(9-18(12)21)23-17-8-13(10-22-11-17)19(25)24-15-6-3-14(20)4-7-15/h2-11,23H,1H3,(H,24,25). The third-order valence-corrected chi connectivity index (χ3v) is 4.22. The molecule has 2 aromatic carbocycles. The van der Waals surface area contributed by atoms with Crippen LogP contribution in [-0.2, 0) is 0 Å². The molecule has 2 N–H and O–H groups in total. The summed E-state index contributed by atoms with van der Waals surface area (Å²) in [6.07, 6.45) is 3.16. The largest absolute Gasteiger partial charge is 0.354 e. The number of amides is 1. The van der Waals surface area contributed by atoms with E-state index in [1.54, 1.807) is 36.5 Å². The van der Waals surface area contributed by atoms with Crippen LogP contribution < -0.4 is 10.6 Å². The highest BCUT2D eigenvalue weighted by Gasteiger charge is 2.08. The average Bonchev–Trinajstić information content (AvgIpc) is 2.60. The molecule has 0 radical (unpaired) electrons. The van der Waals surface area contributed by atoms with E-state index in [1.807, 2.05) is 25.1 Å². The van der Waals surface area contributed by atoms with E-state index in [9.17, 15) is 4.79 Å². The van der Waals surface area contributed by atoms with Gasteiger partial charge in [-0.25, -0.2) is 0 Å². The van der Waals surface area contributed by atoms with Gasteiger partial charge in [-0.15, -0.1) is 0 Å². The first kappa shape index (κ1) is 17.3. The quantitative estimate of drug-likeness (QED) is 0.618. The molecule has 0 aliphatic rings. The van der Waals surface area contributed by atoms with Crippen LogP contribution in [0.1, 0.15) is 15.9 Å². The van der Waals surface area contributed by atoms with Crippen LogP contribution in [0.15, 0.2) is 60.9 Å². The van der Waals surface area contributed by atoms with Crippen LogP contribution in [0, 0.1) is 6.92 Å². The molecule has 0 unspecified atom stereocenters. The molecule has 0 fully saturated rings. The van der Waals surface area contributed by atoms with Gasteiger partial charge in [0.2, 0.25) is 0 Å². The Labute approximate surface area is 155 Å². The Morgan fingerprint density at radius 1 is 0.920 bits per heavy atom. The van der Waals surface area contributed by atoms with Crippen molar-refractivity contribution in [3.05, 3.63) is 82.1 Å². The molecular weight excluding hydrogens is 357 g/mol. The van der Waals surface area contributed by atoms with Crippen molar-refractivity contribution in [2.24, 2.45) is 0 Å². The number of hydrogen-bond acceptors (Lipinski definition) is 3. The zero-order valence-corrected chi connectivity index (χ0v) is 14.9. The van der Waals surface area contributed by atoms with Crippen LogP contribution in [0.25, 0.3) is 0 Å². The van der Waals surface area contributed by atoms with Crippen molar-refractivity contribution >= 4 is 46.2 Å². The zero-order valence-electron chi connectivity index (χ0n) is 13.4. The van der Waals surface area contributed by atoms with Gasteiger partial charge in [0.1, 0.15) is 0 Å². The molecule has 0 aliphatic heterocycles. The molecule has 1 amide bonds. The lowest BCUT2D eigenvalue weighted by Crippen LogP contribution is -2.12. The predicted octanol–water partition coefficient (Wildman–Crippen LogP) is 5.69. The van der Waals surface area contributed by atoms with Gasteiger partial charge in [-0.1, -0.05) is 29.3 Å². The molecule has 1 heterocycles. The third-order valence-electron chi connectivity index (χ3n) is 3.56. The summed E-state index contributed by atoms with van der Waals surface area (Å²) >= 11 is 12.0. The van der Waals surface area contributed by atoms with E-state index < -0.39 is 0 Å². The summed E-state index contributed by atoms with van der Waals surface area (Å²) in [6, 6.07) is 14.3. The van der Waals surface area contributed by atoms with Gasteiger partial charge < -0.3 is 10.6 Å². The molecule has 4 nitrogen and oxygen atoms in total. The van der Waals surface area contributed by atoms with Crippen LogP contribution in [0.2, 0.25) is 10.0 Å². The van der Waals surface area contributed by atoms with Gasteiger partial charge in [0, 0.05) is 27.6 Å². The Bertz CT molecular complexity index is 911. The van der Waals surface area contributed by atoms with Crippen molar-refractivity contribution < 1.29 is 4.79 Å². The second-order valence-electron chi connectivity index (χ2n) is 5.51. The number of pyridine rings is 1. The average molecular weight is 372 g/mol. The normalized spacial score (nSPS) is 10.4. The Morgan fingerprint density at radius 2 is 1.64 bits per heavy atom. The maximum Gasteiger partial charge on any atom is 0.257 e. The van der Waals surface area contributed by atoms with E-state index in [-0.39, 0.29) is 5.91 Å². The van der Waals surface area contributed by atoms with Gasteiger partial charge >= 0.3 is 0 Å². The van der Waals surface area contributed by atoms with E-state index in [1.165, 1.54) is 6.20 Å². The monoisotopic (exact) mass is 371 g/mol. The fourth-order valence-electron chi connectivity index (χ4n) is 2.21. The van der Waals surface area contributed by atoms with Crippen molar-refractivity contribution in [1.29, 1.82) is 0 Å². The Hall–Kier alpha value is -2.56. The van der Waals surface area contributed by atoms with Crippen molar-refractivity contribution in [1.82, 2.24) is 4.98 Å². The van der Waals surface area contributed by atoms with Crippen LogP contribution in [0.3, 0.4) is 0 Å². The number of aromatic nitrogens is 1. The van der Waals surface area contributed by atoms with Crippen molar-refractivity contribution in [3.63, 3.8) is 0 Å². The van der Waals surface area contributed by atoms with Crippen LogP contribution in [-0.4, -0.2) is 10.9 Å². The van der Waals surface area contributed by atoms with E-state index >= 15 is 0 Å². The molecule has 0 bridgehead atoms. The van der Waals surface area contributed by atoms with Crippen molar-refractivity contribution in [2.45, 2.75) is 6.92 Å². The van der Waals surface area contributed by atoms with Crippen LogP contribution >= 0.6 is 23.2 Å². The maximum atomic E-state index is 12.4. The number of anilines is 3. The van der Waals surface area contributed by atoms with Gasteiger partial charge in [0.05, 0.1) is 17.4 Å². The summed E-state index contributed by atoms with van der Waals surface area (Å²) in [6.45, 7) is 1.94. The molecule has 0 spiro atoms. The zero-order chi connectivity index (χ0) is 17.8. The summed E-state index contributed by atoms with van der Waals surface area (Å²) in [7, 11) is 0. The maximum absolute atomic E-state index is 12.4. The van der Waals surface area contributed by atoms with Crippen LogP contribution in [0.5, 0.6) is 0 Å². The number of halogens is 2. The molecule has 0 saturated heterocycles. The van der Waals surface area contributed by atoms with E-state index in [0.717, 1.165) is 11.3 Å². The second-order valence-corrected chi connectivity index (χ2v) is 6.36. The number of nitrogens with zero attached hydrogens (tertiary/aromatic N) is 1. The molecule has 1 aromatic heterocycles. The molecular formula is C19H15Cl2N3O. The summed E-state index contributed by atoms with van der Waals surface area (Å²) in [5.41, 5.74) is 3.63. The van der Waals surface area contributed by atoms with Gasteiger partial charge in [-0.05, 0) is 55.0 Å². The Kier molecular flexibility index (Phi) is 5.22. The highest BCUT2D eigenvalue weighted by atomic mass is 35.5. The minimum Gasteiger partial charge on any atom is -0.354 e. The molecule has 0 atom stereocenters. The summed E-state index contributed by atoms with van der Waals surface area (Å²) in [5.74, 6) is -0.250. The van der Waals surface area contributed by atoms with E-state index in [2.05, 4.69) is 15.6 Å². The van der Waals surface area contributed by atoms with Crippen molar-refractivity contribution in [2.75, 3.05) is 10.6 Å². The molecule has 126 valence electrons. The first-order chi connectivity index (χ1) is 12.0. The number of rotatable bonds is 4. The Morgan fingerprint density at radius 3 is 2.36 bits per heavy atom. The number of hydrogen-bond donors (Lipinski definition) is 2. The summed E-state index contributed by atoms with van der Waals surface area (Å²) < 4.78 is 0. The lowest BCUT2D eigenvalue weighted by Gasteiger charge is -2.10. The van der Waals surface area contributed by atoms with E-state index in [4.69, 9.17) is 23.2 Å². The lowest BCUT2D eigenvalue weighted by molar-refractivity contribution is 0.102. The molecule has 25 heavy (non-hydrogen) atoms. The first-order valence-corrected chi connectivity index (χ1v) is 8.32. The fraction of sp³-hybridized carbons (Fsp3) is 0.0526. The van der Waals surface area contributed by atoms with E-state index in [0.29, 0.717) is 27.0 Å². The van der Waals surface area contributed by atoms with Gasteiger partial charge in [0.25, 0.3) is 5.91 Å². The fourth-order valence-corrected chi connectivity index (χ4v) is 2.51. The lowest BCUT2D eigenvalue weighted by atomic mass is 10.2. The molecule has 3 aromatic rings. The third kappa shape index (κ3) is 4.50. The molecule has 0 saturated carbocycles. The molecule has 3 rings (SSSR count). The minimum absolute atomic E-state index is 0.250. The number of benzene rings is 2. The van der Waals surface area contributed by atoms with Crippen molar-refractivity contribution in [3.8, 4) is 0 Å². The summed E-state index contributed by atoms with van der Waals surface area (Å²) in [4.78, 5) is 16.5. The second kappa shape index (κ2) is 7.55. The number of carbonyl (C=O) groups excluding carboxylic acids is 1. The minimum atomic E-state index is -0.250. The molecule has 6 heteroatoms. The highest BCUT2D eigenvalue weighted by molar-refractivity contribution is 6.31. The Balaban J connectivity index is 1.75. The van der Waals surface area contributed by atoms with Gasteiger partial charge in [0.15, 0.2) is 0 Å². The van der Waals surface area contributed by atoms with Gasteiger partial charge in [-0.2, -0.15) is 0 Å².